The molecule has 0 radical (unpaired) electrons. The average molecular weight is 478 g/mol. The van der Waals surface area contributed by atoms with Crippen LogP contribution in [0.5, 0.6) is 0 Å². The predicted octanol–water partition coefficient (Wildman–Crippen LogP) is 4.32. The first-order valence-electron chi connectivity index (χ1n) is 8.96. The zero-order valence-corrected chi connectivity index (χ0v) is 17.6. The van der Waals surface area contributed by atoms with Crippen molar-refractivity contribution < 1.29 is 4.39 Å². The summed E-state index contributed by atoms with van der Waals surface area (Å²) in [6.45, 7) is 1.42. The number of guanidine groups is 1. The minimum absolute atomic E-state index is 0. The number of hydrogen-bond acceptors (Lipinski definition) is 1. The van der Waals surface area contributed by atoms with E-state index in [-0.39, 0.29) is 35.2 Å². The van der Waals surface area contributed by atoms with Crippen LogP contribution in [0.3, 0.4) is 0 Å². The number of halogens is 2. The van der Waals surface area contributed by atoms with Crippen LogP contribution in [-0.4, -0.2) is 24.5 Å². The van der Waals surface area contributed by atoms with Gasteiger partial charge in [0.25, 0.3) is 0 Å². The fourth-order valence-electron chi connectivity index (χ4n) is 3.42. The molecular weight excluding hydrogens is 454 g/mol. The van der Waals surface area contributed by atoms with E-state index in [2.05, 4.69) is 38.8 Å². The molecule has 0 spiro atoms. The van der Waals surface area contributed by atoms with Crippen LogP contribution < -0.4 is 10.6 Å². The second-order valence-corrected chi connectivity index (χ2v) is 6.95. The first kappa shape index (κ1) is 19.7. The van der Waals surface area contributed by atoms with Gasteiger partial charge in [0.2, 0.25) is 0 Å². The Bertz CT molecular complexity index is 913. The number of hydrogen-bond donors (Lipinski definition) is 3. The summed E-state index contributed by atoms with van der Waals surface area (Å²) in [4.78, 5) is 7.71. The van der Waals surface area contributed by atoms with Gasteiger partial charge in [-0.3, -0.25) is 4.99 Å². The van der Waals surface area contributed by atoms with Gasteiger partial charge in [-0.25, -0.2) is 4.39 Å². The van der Waals surface area contributed by atoms with E-state index in [0.717, 1.165) is 42.1 Å². The molecule has 0 saturated heterocycles. The van der Waals surface area contributed by atoms with Gasteiger partial charge >= 0.3 is 0 Å². The molecule has 0 atom stereocenters. The van der Waals surface area contributed by atoms with E-state index < -0.39 is 0 Å². The van der Waals surface area contributed by atoms with Gasteiger partial charge in [-0.1, -0.05) is 30.3 Å². The van der Waals surface area contributed by atoms with Crippen LogP contribution in [0.2, 0.25) is 0 Å². The lowest BCUT2D eigenvalue weighted by Gasteiger charge is -2.19. The maximum Gasteiger partial charge on any atom is 0.191 e. The molecule has 1 fully saturated rings. The summed E-state index contributed by atoms with van der Waals surface area (Å²) < 4.78 is 13.5. The predicted molar refractivity (Wildman–Crippen MR) is 119 cm³/mol. The largest absolute Gasteiger partial charge is 0.357 e. The number of aliphatic imine (C=N–C) groups is 1. The highest BCUT2D eigenvalue weighted by atomic mass is 127. The smallest absolute Gasteiger partial charge is 0.191 e. The van der Waals surface area contributed by atoms with Gasteiger partial charge in [-0.2, -0.15) is 0 Å². The van der Waals surface area contributed by atoms with E-state index in [0.29, 0.717) is 6.54 Å². The number of aromatic nitrogens is 1. The van der Waals surface area contributed by atoms with Crippen molar-refractivity contribution in [1.29, 1.82) is 0 Å². The maximum atomic E-state index is 13.5. The topological polar surface area (TPSA) is 52.2 Å². The van der Waals surface area contributed by atoms with E-state index in [4.69, 9.17) is 0 Å². The molecule has 4 rings (SSSR count). The highest BCUT2D eigenvalue weighted by molar-refractivity contribution is 14.0. The van der Waals surface area contributed by atoms with Crippen LogP contribution in [0.15, 0.2) is 59.6 Å². The van der Waals surface area contributed by atoms with E-state index in [1.54, 1.807) is 19.2 Å². The van der Waals surface area contributed by atoms with E-state index in [9.17, 15) is 4.39 Å². The fraction of sp³-hybridized carbons (Fsp3) is 0.286. The molecule has 2 aromatic carbocycles. The molecule has 1 aliphatic carbocycles. The van der Waals surface area contributed by atoms with Crippen LogP contribution in [0, 0.1) is 5.82 Å². The average Bonchev–Trinajstić information content (AvgIpc) is 3.33. The van der Waals surface area contributed by atoms with Gasteiger partial charge < -0.3 is 15.6 Å². The number of H-pyrrole nitrogens is 1. The Morgan fingerprint density at radius 1 is 1.11 bits per heavy atom. The molecule has 1 aliphatic rings. The molecule has 3 aromatic rings. The number of nitrogens with one attached hydrogen (secondary N) is 3. The Labute approximate surface area is 175 Å². The third-order valence-electron chi connectivity index (χ3n) is 5.14. The zero-order chi connectivity index (χ0) is 18.0. The molecule has 0 bridgehead atoms. The Balaban J connectivity index is 0.00000210. The first-order valence-corrected chi connectivity index (χ1v) is 8.96. The zero-order valence-electron chi connectivity index (χ0n) is 15.3. The van der Waals surface area contributed by atoms with E-state index in [1.807, 2.05) is 18.2 Å². The molecule has 4 nitrogen and oxygen atoms in total. The molecular formula is C21H24FIN4. The summed E-state index contributed by atoms with van der Waals surface area (Å²) in [5.41, 5.74) is 3.34. The molecule has 142 valence electrons. The molecule has 3 N–H and O–H groups in total. The van der Waals surface area contributed by atoms with Crippen LogP contribution in [0.1, 0.15) is 24.1 Å². The van der Waals surface area contributed by atoms with Crippen molar-refractivity contribution in [3.63, 3.8) is 0 Å². The Morgan fingerprint density at radius 2 is 1.93 bits per heavy atom. The van der Waals surface area contributed by atoms with Crippen molar-refractivity contribution in [3.8, 4) is 0 Å². The number of para-hydroxylation sites is 1. The third-order valence-corrected chi connectivity index (χ3v) is 5.14. The summed E-state index contributed by atoms with van der Waals surface area (Å²) in [7, 11) is 1.77. The van der Waals surface area contributed by atoms with Gasteiger partial charge in [0.05, 0.1) is 6.54 Å². The van der Waals surface area contributed by atoms with Crippen LogP contribution in [0.4, 0.5) is 4.39 Å². The molecule has 1 heterocycles. The van der Waals surface area contributed by atoms with Crippen LogP contribution >= 0.6 is 24.0 Å². The van der Waals surface area contributed by atoms with Crippen LogP contribution in [-0.2, 0) is 12.0 Å². The second-order valence-electron chi connectivity index (χ2n) is 6.95. The summed E-state index contributed by atoms with van der Waals surface area (Å²) >= 11 is 0. The Kier molecular flexibility index (Phi) is 6.04. The number of fused-ring (bicyclic) bond motifs is 1. The fourth-order valence-corrected chi connectivity index (χ4v) is 3.42. The van der Waals surface area contributed by atoms with Crippen molar-refractivity contribution >= 4 is 40.8 Å². The quantitative estimate of drug-likeness (QED) is 0.291. The van der Waals surface area contributed by atoms with Crippen molar-refractivity contribution in [2.75, 3.05) is 13.6 Å². The standard InChI is InChI=1S/C21H23FN4.HI/c1-23-20(24-13-18-11-15-5-2-3-8-19(15)26-18)25-14-21(9-10-21)16-6-4-7-17(22)12-16;/h2-8,11-12,26H,9-10,13-14H2,1H3,(H2,23,24,25);1H. The number of nitrogens with zero attached hydrogens (tertiary/aromatic N) is 1. The van der Waals surface area contributed by atoms with Crippen molar-refractivity contribution in [3.05, 3.63) is 71.7 Å². The lowest BCUT2D eigenvalue weighted by Crippen LogP contribution is -2.41. The highest BCUT2D eigenvalue weighted by Gasteiger charge is 2.44. The minimum atomic E-state index is -0.171. The molecule has 0 amide bonds. The van der Waals surface area contributed by atoms with Crippen molar-refractivity contribution in [1.82, 2.24) is 15.6 Å². The highest BCUT2D eigenvalue weighted by Crippen LogP contribution is 2.47. The Hall–Kier alpha value is -2.09. The molecule has 0 aliphatic heterocycles. The summed E-state index contributed by atoms with van der Waals surface area (Å²) in [6, 6.07) is 17.3. The molecule has 6 heteroatoms. The van der Waals surface area contributed by atoms with Gasteiger partial charge in [-0.15, -0.1) is 24.0 Å². The SMILES string of the molecule is CN=C(NCc1cc2ccccc2[nH]1)NCC1(c2cccc(F)c2)CC1.I. The molecule has 0 unspecified atom stereocenters. The minimum Gasteiger partial charge on any atom is -0.357 e. The second kappa shape index (κ2) is 8.29. The maximum absolute atomic E-state index is 13.5. The lowest BCUT2D eigenvalue weighted by molar-refractivity contribution is 0.607. The van der Waals surface area contributed by atoms with Gasteiger partial charge in [0.1, 0.15) is 5.82 Å². The van der Waals surface area contributed by atoms with E-state index >= 15 is 0 Å². The Morgan fingerprint density at radius 3 is 2.63 bits per heavy atom. The molecule has 1 saturated carbocycles. The number of benzene rings is 2. The van der Waals surface area contributed by atoms with Gasteiger partial charge in [0.15, 0.2) is 5.96 Å². The van der Waals surface area contributed by atoms with Crippen molar-refractivity contribution in [2.24, 2.45) is 4.99 Å². The summed E-state index contributed by atoms with van der Waals surface area (Å²) in [6.07, 6.45) is 2.14. The normalized spacial score (nSPS) is 15.3. The third kappa shape index (κ3) is 4.43. The molecule has 1 aromatic heterocycles. The number of rotatable bonds is 5. The van der Waals surface area contributed by atoms with Gasteiger partial charge in [-0.05, 0) is 48.1 Å². The van der Waals surface area contributed by atoms with Crippen molar-refractivity contribution in [2.45, 2.75) is 24.8 Å². The molecule has 27 heavy (non-hydrogen) atoms. The van der Waals surface area contributed by atoms with Gasteiger partial charge in [0, 0.05) is 30.2 Å². The van der Waals surface area contributed by atoms with Crippen LogP contribution in [0.25, 0.3) is 10.9 Å². The lowest BCUT2D eigenvalue weighted by atomic mass is 9.96. The number of aromatic amines is 1. The first-order chi connectivity index (χ1) is 12.7. The summed E-state index contributed by atoms with van der Waals surface area (Å²) in [5.74, 6) is 0.585. The monoisotopic (exact) mass is 478 g/mol. The summed E-state index contributed by atoms with van der Waals surface area (Å²) in [5, 5.41) is 7.94. The van der Waals surface area contributed by atoms with E-state index in [1.165, 1.54) is 11.5 Å².